The van der Waals surface area contributed by atoms with Crippen LogP contribution in [0.5, 0.6) is 0 Å². The number of nitrogens with zero attached hydrogens (tertiary/aromatic N) is 3. The molecule has 1 N–H and O–H groups in total. The molecule has 3 heterocycles. The second-order valence-electron chi connectivity index (χ2n) is 7.64. The number of H-pyrrole nitrogens is 1. The van der Waals surface area contributed by atoms with Crippen LogP contribution in [-0.2, 0) is 6.54 Å². The lowest BCUT2D eigenvalue weighted by molar-refractivity contribution is 0.331. The van der Waals surface area contributed by atoms with Gasteiger partial charge in [0.1, 0.15) is 5.65 Å². The largest absolute Gasteiger partial charge is 0.339 e. The molecule has 0 unspecified atom stereocenters. The van der Waals surface area contributed by atoms with Gasteiger partial charge < -0.3 is 4.98 Å². The highest BCUT2D eigenvalue weighted by molar-refractivity contribution is 5.94. The number of nitriles is 1. The Bertz CT molecular complexity index is 1130. The molecule has 1 aliphatic carbocycles. The summed E-state index contributed by atoms with van der Waals surface area (Å²) in [5.41, 5.74) is 7.34. The molecule has 4 nitrogen and oxygen atoms in total. The molecule has 1 saturated heterocycles. The molecule has 5 rings (SSSR count). The summed E-state index contributed by atoms with van der Waals surface area (Å²) >= 11 is 0. The van der Waals surface area contributed by atoms with Gasteiger partial charge in [-0.2, -0.15) is 5.26 Å². The first-order valence-electron chi connectivity index (χ1n) is 9.91. The van der Waals surface area contributed by atoms with Gasteiger partial charge in [0, 0.05) is 48.4 Å². The zero-order valence-electron chi connectivity index (χ0n) is 15.8. The number of fused-ring (bicyclic) bond motifs is 3. The molecule has 0 bridgehead atoms. The number of hydrogen-bond donors (Lipinski definition) is 1. The van der Waals surface area contributed by atoms with Crippen LogP contribution < -0.4 is 0 Å². The Hall–Kier alpha value is -3.16. The first-order valence-corrected chi connectivity index (χ1v) is 9.91. The third kappa shape index (κ3) is 3.15. The monoisotopic (exact) mass is 368 g/mol. The van der Waals surface area contributed by atoms with E-state index >= 15 is 0 Å². The van der Waals surface area contributed by atoms with Gasteiger partial charge in [-0.25, -0.2) is 4.98 Å². The van der Waals surface area contributed by atoms with Crippen molar-refractivity contribution in [1.82, 2.24) is 14.9 Å². The fourth-order valence-corrected chi connectivity index (χ4v) is 4.17. The van der Waals surface area contributed by atoms with Gasteiger partial charge in [0.2, 0.25) is 0 Å². The molecule has 0 amide bonds. The van der Waals surface area contributed by atoms with Gasteiger partial charge in [0.25, 0.3) is 0 Å². The van der Waals surface area contributed by atoms with Crippen LogP contribution in [-0.4, -0.2) is 28.0 Å². The van der Waals surface area contributed by atoms with Gasteiger partial charge in [-0.05, 0) is 55.3 Å². The molecule has 0 radical (unpaired) electrons. The number of rotatable bonds is 3. The lowest BCUT2D eigenvalue weighted by atomic mass is 10.0. The van der Waals surface area contributed by atoms with Crippen molar-refractivity contribution in [2.24, 2.45) is 0 Å². The zero-order chi connectivity index (χ0) is 18.9. The summed E-state index contributed by atoms with van der Waals surface area (Å²) in [7, 11) is 0. The highest BCUT2D eigenvalue weighted by Gasteiger charge is 2.14. The molecule has 0 spiro atoms. The summed E-state index contributed by atoms with van der Waals surface area (Å²) < 4.78 is 0. The standard InChI is InChI=1S/C24H22N4.H2/c25-14-18-4-3-5-23-21(12-18)22-13-20(15-26-24(22)27-23)19-8-6-17(7-9-19)16-28-10-1-2-11-28;/h3,5-9,12-13,15H,1-2,4,10-11,16H2,(H,26,27);1H. The van der Waals surface area contributed by atoms with Crippen LogP contribution in [0.25, 0.3) is 34.3 Å². The summed E-state index contributed by atoms with van der Waals surface area (Å²) in [6.07, 6.45) is 11.3. The van der Waals surface area contributed by atoms with E-state index in [1.54, 1.807) is 0 Å². The molecule has 1 aliphatic heterocycles. The predicted octanol–water partition coefficient (Wildman–Crippen LogP) is 5.40. The number of aromatic amines is 1. The molecular weight excluding hydrogens is 344 g/mol. The van der Waals surface area contributed by atoms with Crippen LogP contribution in [0.1, 0.15) is 37.5 Å². The van der Waals surface area contributed by atoms with Gasteiger partial charge in [0.15, 0.2) is 0 Å². The average molecular weight is 368 g/mol. The second kappa shape index (κ2) is 7.10. The normalized spacial score (nSPS) is 16.6. The molecule has 0 saturated carbocycles. The van der Waals surface area contributed by atoms with Gasteiger partial charge in [-0.15, -0.1) is 0 Å². The van der Waals surface area contributed by atoms with E-state index < -0.39 is 0 Å². The molecule has 0 atom stereocenters. The van der Waals surface area contributed by atoms with Crippen LogP contribution >= 0.6 is 0 Å². The Morgan fingerprint density at radius 1 is 1.14 bits per heavy atom. The number of pyridine rings is 1. The van der Waals surface area contributed by atoms with Crippen LogP contribution in [0.4, 0.5) is 0 Å². The Morgan fingerprint density at radius 2 is 1.96 bits per heavy atom. The summed E-state index contributed by atoms with van der Waals surface area (Å²) in [6, 6.07) is 13.3. The second-order valence-corrected chi connectivity index (χ2v) is 7.64. The minimum atomic E-state index is 0. The summed E-state index contributed by atoms with van der Waals surface area (Å²) in [4.78, 5) is 10.5. The minimum Gasteiger partial charge on any atom is -0.339 e. The van der Waals surface area contributed by atoms with Gasteiger partial charge in [-0.1, -0.05) is 30.3 Å². The highest BCUT2D eigenvalue weighted by atomic mass is 15.1. The quantitative estimate of drug-likeness (QED) is 0.674. The van der Waals surface area contributed by atoms with E-state index in [2.05, 4.69) is 51.3 Å². The Labute approximate surface area is 166 Å². The lowest BCUT2D eigenvalue weighted by Crippen LogP contribution is -2.18. The fraction of sp³-hybridized carbons (Fsp3) is 0.250. The predicted molar refractivity (Wildman–Crippen MR) is 115 cm³/mol. The lowest BCUT2D eigenvalue weighted by Gasteiger charge is -2.14. The van der Waals surface area contributed by atoms with Crippen molar-refractivity contribution in [3.8, 4) is 17.2 Å². The van der Waals surface area contributed by atoms with E-state index in [0.717, 1.165) is 40.0 Å². The maximum Gasteiger partial charge on any atom is 0.138 e. The zero-order valence-corrected chi connectivity index (χ0v) is 15.8. The van der Waals surface area contributed by atoms with Crippen molar-refractivity contribution in [1.29, 1.82) is 5.26 Å². The number of benzene rings is 1. The molecule has 2 aromatic heterocycles. The molecule has 1 fully saturated rings. The van der Waals surface area contributed by atoms with E-state index in [4.69, 9.17) is 0 Å². The Balaban J connectivity index is 0.00000205. The van der Waals surface area contributed by atoms with Crippen molar-refractivity contribution in [2.45, 2.75) is 25.8 Å². The number of likely N-dealkylation sites (tertiary alicyclic amines) is 1. The number of aromatic nitrogens is 2. The maximum atomic E-state index is 9.33. The smallest absolute Gasteiger partial charge is 0.138 e. The van der Waals surface area contributed by atoms with Crippen molar-refractivity contribution in [3.63, 3.8) is 0 Å². The maximum absolute atomic E-state index is 9.33. The molecule has 3 aromatic rings. The van der Waals surface area contributed by atoms with Crippen molar-refractivity contribution in [2.75, 3.05) is 13.1 Å². The van der Waals surface area contributed by atoms with Gasteiger partial charge in [0.05, 0.1) is 6.07 Å². The topological polar surface area (TPSA) is 55.7 Å². The van der Waals surface area contributed by atoms with Gasteiger partial charge >= 0.3 is 0 Å². The number of hydrogen-bond acceptors (Lipinski definition) is 3. The summed E-state index contributed by atoms with van der Waals surface area (Å²) in [5.74, 6) is 0. The molecule has 2 aliphatic rings. The summed E-state index contributed by atoms with van der Waals surface area (Å²) in [6.45, 7) is 3.47. The van der Waals surface area contributed by atoms with Crippen molar-refractivity contribution in [3.05, 3.63) is 65.0 Å². The fourth-order valence-electron chi connectivity index (χ4n) is 4.17. The third-order valence-corrected chi connectivity index (χ3v) is 5.70. The molecule has 4 heteroatoms. The molecular formula is C24H24N4. The van der Waals surface area contributed by atoms with Crippen LogP contribution in [0.15, 0.2) is 48.2 Å². The van der Waals surface area contributed by atoms with Crippen LogP contribution in [0.3, 0.4) is 0 Å². The number of nitrogens with one attached hydrogen (secondary N) is 1. The van der Waals surface area contributed by atoms with E-state index in [-0.39, 0.29) is 1.43 Å². The Kier molecular flexibility index (Phi) is 4.31. The Morgan fingerprint density at radius 3 is 2.75 bits per heavy atom. The van der Waals surface area contributed by atoms with E-state index in [0.29, 0.717) is 6.42 Å². The molecule has 140 valence electrons. The first-order chi connectivity index (χ1) is 13.8. The van der Waals surface area contributed by atoms with Gasteiger partial charge in [-0.3, -0.25) is 4.90 Å². The van der Waals surface area contributed by atoms with E-state index in [1.165, 1.54) is 37.1 Å². The minimum absolute atomic E-state index is 0. The first kappa shape index (κ1) is 17.0. The van der Waals surface area contributed by atoms with Crippen molar-refractivity contribution < 1.29 is 1.43 Å². The van der Waals surface area contributed by atoms with E-state index in [9.17, 15) is 5.26 Å². The molecule has 28 heavy (non-hydrogen) atoms. The average Bonchev–Trinajstić information content (AvgIpc) is 3.30. The SMILES string of the molecule is N#CC1=Cc2c([nH]c3ncc(-c4ccc(CN5CCCC5)cc4)cc23)C=CC1.[HH]. The van der Waals surface area contributed by atoms with Crippen LogP contribution in [0.2, 0.25) is 0 Å². The van der Waals surface area contributed by atoms with Crippen molar-refractivity contribution >= 4 is 23.2 Å². The van der Waals surface area contributed by atoms with Crippen LogP contribution in [0, 0.1) is 11.3 Å². The number of allylic oxidation sites excluding steroid dienone is 2. The molecule has 1 aromatic carbocycles. The third-order valence-electron chi connectivity index (χ3n) is 5.70. The highest BCUT2D eigenvalue weighted by Crippen LogP contribution is 2.31. The summed E-state index contributed by atoms with van der Waals surface area (Å²) in [5, 5.41) is 10.4. The van der Waals surface area contributed by atoms with E-state index in [1.807, 2.05) is 24.4 Å².